The predicted molar refractivity (Wildman–Crippen MR) is 76.2 cm³/mol. The number of benzene rings is 2. The SMILES string of the molecule is Nc1cc(F)cc(C(=O)OCC(=O)Nc2ccccc2)c1. The number of carbonyl (C=O) groups excluding carboxylic acids is 2. The highest BCUT2D eigenvalue weighted by atomic mass is 19.1. The van der Waals surface area contributed by atoms with Gasteiger partial charge in [0.05, 0.1) is 5.56 Å². The molecule has 0 saturated heterocycles. The van der Waals surface area contributed by atoms with E-state index in [1.54, 1.807) is 24.3 Å². The Morgan fingerprint density at radius 1 is 1.14 bits per heavy atom. The van der Waals surface area contributed by atoms with Crippen molar-refractivity contribution < 1.29 is 18.7 Å². The third kappa shape index (κ3) is 4.31. The molecule has 0 fully saturated rings. The van der Waals surface area contributed by atoms with Gasteiger partial charge in [0, 0.05) is 11.4 Å². The van der Waals surface area contributed by atoms with Crippen LogP contribution in [-0.4, -0.2) is 18.5 Å². The average Bonchev–Trinajstić information content (AvgIpc) is 2.45. The second-order valence-corrected chi connectivity index (χ2v) is 4.26. The van der Waals surface area contributed by atoms with Crippen LogP contribution in [-0.2, 0) is 9.53 Å². The monoisotopic (exact) mass is 288 g/mol. The maximum Gasteiger partial charge on any atom is 0.338 e. The van der Waals surface area contributed by atoms with E-state index >= 15 is 0 Å². The minimum atomic E-state index is -0.815. The molecular formula is C15H13FN2O3. The second-order valence-electron chi connectivity index (χ2n) is 4.26. The highest BCUT2D eigenvalue weighted by molar-refractivity contribution is 5.95. The van der Waals surface area contributed by atoms with Gasteiger partial charge in [-0.2, -0.15) is 0 Å². The largest absolute Gasteiger partial charge is 0.452 e. The van der Waals surface area contributed by atoms with Crippen LogP contribution in [0.5, 0.6) is 0 Å². The van der Waals surface area contributed by atoms with Crippen molar-refractivity contribution in [2.45, 2.75) is 0 Å². The zero-order chi connectivity index (χ0) is 15.2. The van der Waals surface area contributed by atoms with Crippen LogP contribution < -0.4 is 11.1 Å². The van der Waals surface area contributed by atoms with E-state index in [0.717, 1.165) is 12.1 Å². The number of esters is 1. The van der Waals surface area contributed by atoms with Gasteiger partial charge in [-0.25, -0.2) is 9.18 Å². The first-order chi connectivity index (χ1) is 10.0. The number of amides is 1. The molecule has 0 radical (unpaired) electrons. The molecule has 0 heterocycles. The van der Waals surface area contributed by atoms with Gasteiger partial charge in [-0.15, -0.1) is 0 Å². The average molecular weight is 288 g/mol. The Labute approximate surface area is 120 Å². The van der Waals surface area contributed by atoms with E-state index in [1.807, 2.05) is 6.07 Å². The molecular weight excluding hydrogens is 275 g/mol. The quantitative estimate of drug-likeness (QED) is 0.667. The zero-order valence-electron chi connectivity index (χ0n) is 11.0. The van der Waals surface area contributed by atoms with Crippen LogP contribution in [0.2, 0.25) is 0 Å². The summed E-state index contributed by atoms with van der Waals surface area (Å²) < 4.78 is 17.9. The molecule has 3 N–H and O–H groups in total. The fourth-order valence-electron chi connectivity index (χ4n) is 1.66. The lowest BCUT2D eigenvalue weighted by molar-refractivity contribution is -0.119. The molecule has 0 unspecified atom stereocenters. The first-order valence-corrected chi connectivity index (χ1v) is 6.12. The molecule has 0 aliphatic carbocycles. The Morgan fingerprint density at radius 2 is 1.86 bits per heavy atom. The van der Waals surface area contributed by atoms with E-state index in [-0.39, 0.29) is 11.3 Å². The number of hydrogen-bond acceptors (Lipinski definition) is 4. The third-order valence-corrected chi connectivity index (χ3v) is 2.55. The van der Waals surface area contributed by atoms with Crippen LogP contribution in [0.1, 0.15) is 10.4 Å². The van der Waals surface area contributed by atoms with Crippen molar-refractivity contribution in [1.29, 1.82) is 0 Å². The van der Waals surface area contributed by atoms with E-state index in [9.17, 15) is 14.0 Å². The van der Waals surface area contributed by atoms with Gasteiger partial charge in [0.25, 0.3) is 5.91 Å². The lowest BCUT2D eigenvalue weighted by Crippen LogP contribution is -2.21. The van der Waals surface area contributed by atoms with E-state index < -0.39 is 24.3 Å². The highest BCUT2D eigenvalue weighted by Gasteiger charge is 2.12. The van der Waals surface area contributed by atoms with Crippen molar-refractivity contribution in [3.8, 4) is 0 Å². The number of anilines is 2. The van der Waals surface area contributed by atoms with Crippen molar-refractivity contribution in [3.05, 3.63) is 59.9 Å². The second kappa shape index (κ2) is 6.51. The summed E-state index contributed by atoms with van der Waals surface area (Å²) in [6, 6.07) is 12.1. The Morgan fingerprint density at radius 3 is 2.52 bits per heavy atom. The highest BCUT2D eigenvalue weighted by Crippen LogP contribution is 2.12. The molecule has 2 aromatic rings. The number of nitrogens with two attached hydrogens (primary N) is 1. The molecule has 6 heteroatoms. The van der Waals surface area contributed by atoms with Crippen LogP contribution in [0.15, 0.2) is 48.5 Å². The topological polar surface area (TPSA) is 81.4 Å². The maximum atomic E-state index is 13.1. The van der Waals surface area contributed by atoms with Gasteiger partial charge in [0.2, 0.25) is 0 Å². The number of nitrogen functional groups attached to an aromatic ring is 1. The predicted octanol–water partition coefficient (Wildman–Crippen LogP) is 2.20. The Bertz CT molecular complexity index is 639. The fraction of sp³-hybridized carbons (Fsp3) is 0.0667. The summed E-state index contributed by atoms with van der Waals surface area (Å²) in [5, 5.41) is 2.56. The zero-order valence-corrected chi connectivity index (χ0v) is 11.0. The van der Waals surface area contributed by atoms with Crippen LogP contribution in [0.4, 0.5) is 15.8 Å². The molecule has 21 heavy (non-hydrogen) atoms. The number of halogens is 1. The molecule has 2 aromatic carbocycles. The maximum absolute atomic E-state index is 13.1. The number of rotatable bonds is 4. The van der Waals surface area contributed by atoms with Crippen molar-refractivity contribution in [3.63, 3.8) is 0 Å². The summed E-state index contributed by atoms with van der Waals surface area (Å²) in [4.78, 5) is 23.3. The molecule has 0 saturated carbocycles. The van der Waals surface area contributed by atoms with Gasteiger partial charge in [0.1, 0.15) is 5.82 Å². The smallest absolute Gasteiger partial charge is 0.338 e. The van der Waals surface area contributed by atoms with E-state index in [0.29, 0.717) is 5.69 Å². The first-order valence-electron chi connectivity index (χ1n) is 6.12. The molecule has 2 rings (SSSR count). The summed E-state index contributed by atoms with van der Waals surface area (Å²) >= 11 is 0. The Hall–Kier alpha value is -2.89. The van der Waals surface area contributed by atoms with Gasteiger partial charge in [-0.3, -0.25) is 4.79 Å². The molecule has 0 aliphatic rings. The third-order valence-electron chi connectivity index (χ3n) is 2.55. The normalized spacial score (nSPS) is 9.95. The number of hydrogen-bond donors (Lipinski definition) is 2. The standard InChI is InChI=1S/C15H13FN2O3/c16-11-6-10(7-12(17)8-11)15(20)21-9-14(19)18-13-4-2-1-3-5-13/h1-8H,9,17H2,(H,18,19). The molecule has 0 aromatic heterocycles. The molecule has 1 amide bonds. The summed E-state index contributed by atoms with van der Waals surface area (Å²) in [6.45, 7) is -0.468. The summed E-state index contributed by atoms with van der Waals surface area (Å²) in [6.07, 6.45) is 0. The number of ether oxygens (including phenoxy) is 1. The number of carbonyl (C=O) groups is 2. The lowest BCUT2D eigenvalue weighted by Gasteiger charge is -2.07. The molecule has 0 aliphatic heterocycles. The van der Waals surface area contributed by atoms with Gasteiger partial charge >= 0.3 is 5.97 Å². The molecule has 0 spiro atoms. The Balaban J connectivity index is 1.90. The number of para-hydroxylation sites is 1. The van der Waals surface area contributed by atoms with Crippen LogP contribution in [0.3, 0.4) is 0 Å². The summed E-state index contributed by atoms with van der Waals surface area (Å²) in [5.74, 6) is -1.95. The van der Waals surface area contributed by atoms with Gasteiger partial charge in [-0.05, 0) is 30.3 Å². The fourth-order valence-corrected chi connectivity index (χ4v) is 1.66. The van der Waals surface area contributed by atoms with Crippen molar-refractivity contribution >= 4 is 23.3 Å². The van der Waals surface area contributed by atoms with E-state index in [4.69, 9.17) is 10.5 Å². The molecule has 108 valence electrons. The first kappa shape index (κ1) is 14.5. The van der Waals surface area contributed by atoms with Crippen molar-refractivity contribution in [2.24, 2.45) is 0 Å². The van der Waals surface area contributed by atoms with E-state index in [2.05, 4.69) is 5.32 Å². The minimum Gasteiger partial charge on any atom is -0.452 e. The lowest BCUT2D eigenvalue weighted by atomic mass is 10.2. The van der Waals surface area contributed by atoms with Crippen molar-refractivity contribution in [1.82, 2.24) is 0 Å². The van der Waals surface area contributed by atoms with Crippen LogP contribution >= 0.6 is 0 Å². The van der Waals surface area contributed by atoms with Gasteiger partial charge in [0.15, 0.2) is 6.61 Å². The van der Waals surface area contributed by atoms with E-state index in [1.165, 1.54) is 6.07 Å². The van der Waals surface area contributed by atoms with Crippen LogP contribution in [0.25, 0.3) is 0 Å². The molecule has 5 nitrogen and oxygen atoms in total. The summed E-state index contributed by atoms with van der Waals surface area (Å²) in [5.41, 5.74) is 6.09. The molecule has 0 atom stereocenters. The van der Waals surface area contributed by atoms with Crippen LogP contribution in [0, 0.1) is 5.82 Å². The summed E-state index contributed by atoms with van der Waals surface area (Å²) in [7, 11) is 0. The number of nitrogens with one attached hydrogen (secondary N) is 1. The van der Waals surface area contributed by atoms with Gasteiger partial charge < -0.3 is 15.8 Å². The minimum absolute atomic E-state index is 0.0417. The molecule has 0 bridgehead atoms. The van der Waals surface area contributed by atoms with Crippen molar-refractivity contribution in [2.75, 3.05) is 17.7 Å². The van der Waals surface area contributed by atoms with Gasteiger partial charge in [-0.1, -0.05) is 18.2 Å². The Kier molecular flexibility index (Phi) is 4.50.